The van der Waals surface area contributed by atoms with E-state index in [4.69, 9.17) is 9.97 Å². The monoisotopic (exact) mass is 1120 g/mol. The van der Waals surface area contributed by atoms with Crippen LogP contribution in [0.25, 0.3) is 22.5 Å². The Bertz CT molecular complexity index is 3380. The fourth-order valence-electron chi connectivity index (χ4n) is 10.4. The summed E-state index contributed by atoms with van der Waals surface area (Å²) in [6, 6.07) is 16.1. The molecule has 0 saturated carbocycles. The molecule has 1 atom stereocenters. The van der Waals surface area contributed by atoms with E-state index in [1.165, 1.54) is 31.2 Å². The van der Waals surface area contributed by atoms with E-state index in [9.17, 15) is 32.2 Å². The minimum Gasteiger partial charge on any atom is -0.350 e. The van der Waals surface area contributed by atoms with Crippen molar-refractivity contribution < 1.29 is 40.9 Å². The van der Waals surface area contributed by atoms with Gasteiger partial charge in [-0.1, -0.05) is 31.2 Å². The van der Waals surface area contributed by atoms with Crippen molar-refractivity contribution in [2.45, 2.75) is 111 Å². The quantitative estimate of drug-likeness (QED) is 0.0712. The predicted molar refractivity (Wildman–Crippen MR) is 299 cm³/mol. The summed E-state index contributed by atoms with van der Waals surface area (Å²) in [6.45, 7) is 17.2. The van der Waals surface area contributed by atoms with Crippen molar-refractivity contribution in [3.8, 4) is 22.5 Å². The van der Waals surface area contributed by atoms with Crippen molar-refractivity contribution in [1.29, 1.82) is 0 Å². The Balaban J connectivity index is 0.000000200. The minimum atomic E-state index is -1.68. The number of rotatable bonds is 11. The maximum Gasteiger partial charge on any atom is 0.328 e. The summed E-state index contributed by atoms with van der Waals surface area (Å²) in [7, 11) is -1.68. The van der Waals surface area contributed by atoms with Crippen LogP contribution in [0.5, 0.6) is 0 Å². The van der Waals surface area contributed by atoms with Gasteiger partial charge in [0, 0.05) is 70.9 Å². The van der Waals surface area contributed by atoms with Crippen molar-refractivity contribution >= 4 is 63.6 Å². The number of likely N-dealkylation sites (tertiary alicyclic amines) is 1. The van der Waals surface area contributed by atoms with Crippen LogP contribution in [0.2, 0.25) is 0 Å². The van der Waals surface area contributed by atoms with Crippen molar-refractivity contribution in [2.75, 3.05) is 47.1 Å². The molecule has 2 fully saturated rings. The summed E-state index contributed by atoms with van der Waals surface area (Å²) in [5.41, 5.74) is 4.28. The lowest BCUT2D eigenvalue weighted by atomic mass is 9.95. The van der Waals surface area contributed by atoms with Crippen molar-refractivity contribution in [3.05, 3.63) is 129 Å². The number of carbonyl (C=O) groups excluding carboxylic acids is 4. The summed E-state index contributed by atoms with van der Waals surface area (Å²) in [4.78, 5) is 76.8. The number of aryl methyl sites for hydroxylation is 2. The average Bonchev–Trinajstić information content (AvgIpc) is 3.49. The second-order valence-electron chi connectivity index (χ2n) is 21.2. The summed E-state index contributed by atoms with van der Waals surface area (Å²) < 4.78 is 72.1. The molecule has 17 nitrogen and oxygen atoms in total. The van der Waals surface area contributed by atoms with E-state index in [0.717, 1.165) is 77.0 Å². The molecule has 2 saturated heterocycles. The number of nitrogens with zero attached hydrogens (tertiary/aromatic N) is 8. The minimum absolute atomic E-state index is 0.0332. The number of piperidine rings is 2. The molecule has 22 heteroatoms. The molecular formula is C58H64F4N12O5S. The van der Waals surface area contributed by atoms with E-state index < -0.39 is 57.5 Å². The van der Waals surface area contributed by atoms with Crippen LogP contribution in [0.1, 0.15) is 103 Å². The molecule has 10 rings (SSSR count). The number of amides is 6. The number of hydrogen-bond donors (Lipinski definition) is 4. The zero-order chi connectivity index (χ0) is 57.3. The van der Waals surface area contributed by atoms with E-state index >= 15 is 8.78 Å². The van der Waals surface area contributed by atoms with Gasteiger partial charge in [0.15, 0.2) is 11.6 Å². The average molecular weight is 1120 g/mol. The highest BCUT2D eigenvalue weighted by atomic mass is 32.2. The first kappa shape index (κ1) is 56.9. The highest BCUT2D eigenvalue weighted by molar-refractivity contribution is 7.84. The third kappa shape index (κ3) is 11.9. The molecule has 6 heterocycles. The number of urea groups is 2. The van der Waals surface area contributed by atoms with Crippen LogP contribution in [0.4, 0.5) is 56.1 Å². The van der Waals surface area contributed by atoms with E-state index in [1.54, 1.807) is 30.3 Å². The van der Waals surface area contributed by atoms with Crippen LogP contribution in [-0.2, 0) is 23.9 Å². The highest BCUT2D eigenvalue weighted by Crippen LogP contribution is 2.42. The second kappa shape index (κ2) is 23.9. The molecule has 0 bridgehead atoms. The Hall–Kier alpha value is -7.85. The van der Waals surface area contributed by atoms with Crippen LogP contribution in [0.3, 0.4) is 0 Å². The van der Waals surface area contributed by atoms with Gasteiger partial charge in [-0.3, -0.25) is 13.8 Å². The van der Waals surface area contributed by atoms with Crippen molar-refractivity contribution in [2.24, 2.45) is 5.92 Å². The first-order valence-corrected chi connectivity index (χ1v) is 28.3. The van der Waals surface area contributed by atoms with Gasteiger partial charge in [0.25, 0.3) is 11.8 Å². The fourth-order valence-corrected chi connectivity index (χ4v) is 10.8. The van der Waals surface area contributed by atoms with Gasteiger partial charge in [-0.2, -0.15) is 4.98 Å². The molecule has 1 unspecified atom stereocenters. The van der Waals surface area contributed by atoms with E-state index in [-0.39, 0.29) is 53.8 Å². The van der Waals surface area contributed by atoms with Crippen molar-refractivity contribution in [1.82, 2.24) is 46.1 Å². The molecule has 4 aromatic carbocycles. The van der Waals surface area contributed by atoms with Gasteiger partial charge in [-0.05, 0) is 146 Å². The Kier molecular flexibility index (Phi) is 17.0. The summed E-state index contributed by atoms with van der Waals surface area (Å²) in [6.07, 6.45) is 5.69. The number of aromatic nitrogens is 4. The van der Waals surface area contributed by atoms with E-state index in [2.05, 4.69) is 48.0 Å². The number of halogens is 4. The topological polar surface area (TPSA) is 198 Å². The zero-order valence-electron chi connectivity index (χ0n) is 45.8. The smallest absolute Gasteiger partial charge is 0.328 e. The Labute approximate surface area is 464 Å². The molecule has 4 aliphatic rings. The molecule has 2 aromatic heterocycles. The first-order chi connectivity index (χ1) is 38.2. The van der Waals surface area contributed by atoms with Gasteiger partial charge in [0.1, 0.15) is 34.6 Å². The summed E-state index contributed by atoms with van der Waals surface area (Å²) >= 11 is 0. The maximum atomic E-state index is 15.2. The number of nitrogens with one attached hydrogen (secondary N) is 4. The summed E-state index contributed by atoms with van der Waals surface area (Å²) in [5.74, 6) is -2.97. The Morgan fingerprint density at radius 2 is 1.06 bits per heavy atom. The lowest BCUT2D eigenvalue weighted by Gasteiger charge is -2.41. The van der Waals surface area contributed by atoms with Gasteiger partial charge < -0.3 is 31.1 Å². The molecule has 0 aliphatic carbocycles. The van der Waals surface area contributed by atoms with E-state index in [1.807, 2.05) is 47.6 Å². The molecule has 420 valence electrons. The number of fused-ring (bicyclic) bond motifs is 2. The molecule has 0 spiro atoms. The van der Waals surface area contributed by atoms with Gasteiger partial charge in [0.2, 0.25) is 11.1 Å². The second-order valence-corrected chi connectivity index (χ2v) is 22.4. The van der Waals surface area contributed by atoms with Gasteiger partial charge >= 0.3 is 12.1 Å². The lowest BCUT2D eigenvalue weighted by Crippen LogP contribution is -2.48. The molecule has 80 heavy (non-hydrogen) atoms. The van der Waals surface area contributed by atoms with Gasteiger partial charge in [-0.15, -0.1) is 0 Å². The zero-order valence-corrected chi connectivity index (χ0v) is 46.7. The third-order valence-corrected chi connectivity index (χ3v) is 15.3. The first-order valence-electron chi connectivity index (χ1n) is 26.7. The van der Waals surface area contributed by atoms with Crippen LogP contribution >= 0.6 is 0 Å². The van der Waals surface area contributed by atoms with Crippen molar-refractivity contribution in [3.63, 3.8) is 0 Å². The molecule has 0 radical (unpaired) electrons. The summed E-state index contributed by atoms with van der Waals surface area (Å²) in [5, 5.41) is 11.0. The number of anilines is 5. The largest absolute Gasteiger partial charge is 0.350 e. The lowest BCUT2D eigenvalue weighted by molar-refractivity contribution is 0.0934. The normalized spacial score (nSPS) is 16.4. The van der Waals surface area contributed by atoms with Gasteiger partial charge in [0.05, 0.1) is 35.3 Å². The van der Waals surface area contributed by atoms with Crippen LogP contribution in [-0.4, -0.2) is 103 Å². The number of hydrogen-bond acceptors (Lipinski definition) is 11. The molecule has 4 N–H and O–H groups in total. The molecular weight excluding hydrogens is 1050 g/mol. The Morgan fingerprint density at radius 1 is 0.625 bits per heavy atom. The molecule has 6 amide bonds. The van der Waals surface area contributed by atoms with Crippen LogP contribution in [0, 0.1) is 43.0 Å². The molecule has 6 aromatic rings. The highest BCUT2D eigenvalue weighted by Gasteiger charge is 2.38. The number of para-hydroxylation sites is 2. The van der Waals surface area contributed by atoms with Crippen LogP contribution < -0.4 is 36.0 Å². The maximum absolute atomic E-state index is 15.2. The standard InChI is InChI=1S/C34H41F2N7O2.C24H23F2N5O3S/c1-20(2)38-32(44)23-9-8-22(4)25(18-23)29-26-19-37-34(45)43(30-27(35)6-5-7-28(30)36)31(26)40-33(39-29)42-16-12-24(13-17-42)41-14-10-21(3)11-15-41;1-12(2)28-22(32)14-9-8-13(3)15(10-14)19-16-11-27-24(33)31(20-17(25)6-5-7-18(20)26)21(16)30-23(29-19)35(4)34/h5-9,18,20-21,24H,10-17,19H2,1-4H3,(H,37,45)(H,38,44);5-10,12H,11H2,1-4H3,(H,27,33)(H,28,32). The fraction of sp³-hybridized carbons (Fsp3) is 0.379. The predicted octanol–water partition coefficient (Wildman–Crippen LogP) is 9.90. The van der Waals surface area contributed by atoms with Gasteiger partial charge in [-0.25, -0.2) is 51.9 Å². The number of carbonyl (C=O) groups is 4. The molecule has 4 aliphatic heterocycles. The third-order valence-electron chi connectivity index (χ3n) is 14.6. The number of benzene rings is 4. The SMILES string of the molecule is Cc1ccc(C(=O)NC(C)C)cc1-c1nc(N2CCC(N3CCC(C)CC3)CC2)nc2c1CNC(=O)N2c1c(F)cccc1F.Cc1ccc(C(=O)NC(C)C)cc1-c1nc(S(C)=O)nc2c1CNC(=O)N2c1c(F)cccc1F. The van der Waals surface area contributed by atoms with E-state index in [0.29, 0.717) is 69.8 Å². The van der Waals surface area contributed by atoms with Crippen LogP contribution in [0.15, 0.2) is 78.0 Å². The Morgan fingerprint density at radius 3 is 1.50 bits per heavy atom.